The van der Waals surface area contributed by atoms with Crippen LogP contribution in [0, 0.1) is 11.2 Å². The molecular weight excluding hydrogens is 374 g/mol. The molecule has 2 heterocycles. The Labute approximate surface area is 184 Å². The van der Waals surface area contributed by atoms with Gasteiger partial charge in [-0.05, 0) is 17.7 Å². The van der Waals surface area contributed by atoms with Crippen molar-refractivity contribution in [3.63, 3.8) is 0 Å². The van der Waals surface area contributed by atoms with E-state index in [1.54, 1.807) is 32.9 Å². The Morgan fingerprint density at radius 3 is 2.32 bits per heavy atom. The molecule has 0 aliphatic heterocycles. The van der Waals surface area contributed by atoms with E-state index < -0.39 is 27.9 Å². The molecule has 142 valence electrons. The summed E-state index contributed by atoms with van der Waals surface area (Å²) in [6.45, 7) is 5.15. The number of aromatic hydroxyl groups is 1. The SMILES string of the molecule is CC(C)(C)C(=O)c1cn2ccn(Cc3ccc(F)cc3)c(=O)c2c(O)c1=O.[H-].[Na+]. The van der Waals surface area contributed by atoms with Crippen LogP contribution in [0.3, 0.4) is 0 Å². The first-order valence-electron chi connectivity index (χ1n) is 8.36. The summed E-state index contributed by atoms with van der Waals surface area (Å²) in [6, 6.07) is 5.66. The van der Waals surface area contributed by atoms with E-state index in [4.69, 9.17) is 0 Å². The molecule has 0 unspecified atom stereocenters. The van der Waals surface area contributed by atoms with E-state index in [9.17, 15) is 23.9 Å². The van der Waals surface area contributed by atoms with Crippen LogP contribution in [0.4, 0.5) is 4.39 Å². The predicted molar refractivity (Wildman–Crippen MR) is 100.0 cm³/mol. The van der Waals surface area contributed by atoms with Crippen molar-refractivity contribution in [2.45, 2.75) is 27.3 Å². The summed E-state index contributed by atoms with van der Waals surface area (Å²) in [6.07, 6.45) is 4.24. The molecule has 0 radical (unpaired) electrons. The van der Waals surface area contributed by atoms with Gasteiger partial charge in [-0.3, -0.25) is 14.4 Å². The molecule has 0 aliphatic rings. The van der Waals surface area contributed by atoms with Gasteiger partial charge in [0, 0.05) is 24.0 Å². The third-order valence-electron chi connectivity index (χ3n) is 4.27. The Bertz CT molecular complexity index is 1160. The minimum absolute atomic E-state index is 0. The van der Waals surface area contributed by atoms with Gasteiger partial charge in [0.25, 0.3) is 5.56 Å². The standard InChI is InChI=1S/C20H19FN2O4.Na.H/c1-20(2,3)18(26)14-11-22-8-9-23(10-12-4-6-13(21)7-5-12)19(27)15(22)17(25)16(14)24;;/h4-9,11,25H,10H2,1-3H3;;/q;+1;-1. The van der Waals surface area contributed by atoms with Crippen molar-refractivity contribution in [1.29, 1.82) is 0 Å². The molecule has 0 spiro atoms. The minimum Gasteiger partial charge on any atom is -1.00 e. The van der Waals surface area contributed by atoms with Crippen molar-refractivity contribution in [2.75, 3.05) is 0 Å². The molecule has 3 rings (SSSR count). The van der Waals surface area contributed by atoms with Gasteiger partial charge in [-0.25, -0.2) is 4.39 Å². The number of fused-ring (bicyclic) bond motifs is 1. The second-order valence-electron chi connectivity index (χ2n) is 7.41. The Balaban J connectivity index is 0.00000210. The maximum Gasteiger partial charge on any atom is 1.00 e. The molecule has 0 aliphatic carbocycles. The zero-order valence-corrected chi connectivity index (χ0v) is 18.2. The Hall–Kier alpha value is -2.22. The fourth-order valence-electron chi connectivity index (χ4n) is 2.78. The number of hydrogen-bond acceptors (Lipinski definition) is 4. The van der Waals surface area contributed by atoms with E-state index in [0.29, 0.717) is 5.56 Å². The summed E-state index contributed by atoms with van der Waals surface area (Å²) in [7, 11) is 0. The number of Topliss-reactive ketones (excluding diaryl/α,β-unsaturated/α-hetero) is 1. The van der Waals surface area contributed by atoms with Crippen molar-refractivity contribution >= 4 is 11.3 Å². The van der Waals surface area contributed by atoms with E-state index in [2.05, 4.69) is 0 Å². The van der Waals surface area contributed by atoms with Crippen LogP contribution in [0.25, 0.3) is 5.52 Å². The first-order valence-corrected chi connectivity index (χ1v) is 8.36. The second kappa shape index (κ2) is 8.03. The second-order valence-corrected chi connectivity index (χ2v) is 7.41. The van der Waals surface area contributed by atoms with Gasteiger partial charge >= 0.3 is 29.6 Å². The molecule has 0 amide bonds. The molecule has 1 N–H and O–H groups in total. The first kappa shape index (κ1) is 22.1. The van der Waals surface area contributed by atoms with Crippen LogP contribution in [0.15, 0.2) is 52.4 Å². The molecule has 6 nitrogen and oxygen atoms in total. The van der Waals surface area contributed by atoms with Crippen LogP contribution in [0.1, 0.15) is 38.1 Å². The number of carbonyl (C=O) groups excluding carboxylic acids is 1. The molecule has 3 aromatic rings. The normalized spacial score (nSPS) is 11.3. The van der Waals surface area contributed by atoms with Gasteiger partial charge in [-0.1, -0.05) is 32.9 Å². The molecule has 0 fully saturated rings. The van der Waals surface area contributed by atoms with E-state index in [-0.39, 0.29) is 54.4 Å². The largest absolute Gasteiger partial charge is 1.00 e. The molecule has 0 saturated heterocycles. The third-order valence-corrected chi connectivity index (χ3v) is 4.27. The number of nitrogens with zero attached hydrogens (tertiary/aromatic N) is 2. The number of carbonyl (C=O) groups is 1. The fourth-order valence-corrected chi connectivity index (χ4v) is 2.78. The Kier molecular flexibility index (Phi) is 6.33. The van der Waals surface area contributed by atoms with Gasteiger partial charge in [-0.15, -0.1) is 0 Å². The van der Waals surface area contributed by atoms with Crippen molar-refractivity contribution in [2.24, 2.45) is 5.41 Å². The third kappa shape index (κ3) is 4.11. The summed E-state index contributed by atoms with van der Waals surface area (Å²) < 4.78 is 15.6. The van der Waals surface area contributed by atoms with Crippen LogP contribution in [-0.4, -0.2) is 19.9 Å². The van der Waals surface area contributed by atoms with Crippen LogP contribution >= 0.6 is 0 Å². The monoisotopic (exact) mass is 394 g/mol. The van der Waals surface area contributed by atoms with E-state index >= 15 is 0 Å². The summed E-state index contributed by atoms with van der Waals surface area (Å²) in [5, 5.41) is 10.3. The number of pyridine rings is 1. The number of aromatic nitrogens is 2. The minimum atomic E-state index is -0.869. The van der Waals surface area contributed by atoms with Gasteiger partial charge in [-0.2, -0.15) is 0 Å². The molecular formula is C20H20FN2NaO4. The van der Waals surface area contributed by atoms with Crippen LogP contribution in [0.2, 0.25) is 0 Å². The zero-order valence-electron chi connectivity index (χ0n) is 17.2. The van der Waals surface area contributed by atoms with E-state index in [1.165, 1.54) is 39.7 Å². The number of halogens is 1. The smallest absolute Gasteiger partial charge is 1.00 e. The number of hydrogen-bond donors (Lipinski definition) is 1. The van der Waals surface area contributed by atoms with E-state index in [1.807, 2.05) is 0 Å². The first-order chi connectivity index (χ1) is 12.6. The quantitative estimate of drug-likeness (QED) is 0.489. The fraction of sp³-hybridized carbons (Fsp3) is 0.250. The van der Waals surface area contributed by atoms with Gasteiger partial charge in [0.1, 0.15) is 5.82 Å². The van der Waals surface area contributed by atoms with Gasteiger partial charge < -0.3 is 15.5 Å². The van der Waals surface area contributed by atoms with Gasteiger partial charge in [0.2, 0.25) is 5.43 Å². The summed E-state index contributed by atoms with van der Waals surface area (Å²) >= 11 is 0. The van der Waals surface area contributed by atoms with Crippen molar-refractivity contribution in [1.82, 2.24) is 8.97 Å². The molecule has 2 aromatic heterocycles. The maximum atomic E-state index is 13.0. The summed E-state index contributed by atoms with van der Waals surface area (Å²) in [4.78, 5) is 37.7. The summed E-state index contributed by atoms with van der Waals surface area (Å²) in [5.41, 5.74) is -1.97. The van der Waals surface area contributed by atoms with Crippen molar-refractivity contribution < 1.29 is 45.3 Å². The molecule has 0 atom stereocenters. The molecule has 0 saturated carbocycles. The molecule has 1 aromatic carbocycles. The number of ketones is 1. The zero-order chi connectivity index (χ0) is 19.9. The van der Waals surface area contributed by atoms with Crippen molar-refractivity contribution in [3.8, 4) is 5.75 Å². The predicted octanol–water partition coefficient (Wildman–Crippen LogP) is -0.300. The van der Waals surface area contributed by atoms with Crippen LogP contribution < -0.4 is 40.5 Å². The number of benzene rings is 1. The van der Waals surface area contributed by atoms with E-state index in [0.717, 1.165) is 0 Å². The van der Waals surface area contributed by atoms with Gasteiger partial charge in [0.15, 0.2) is 17.0 Å². The summed E-state index contributed by atoms with van der Waals surface area (Å²) in [5.74, 6) is -1.57. The average molecular weight is 394 g/mol. The van der Waals surface area contributed by atoms with Crippen LogP contribution in [-0.2, 0) is 6.54 Å². The maximum absolute atomic E-state index is 13.0. The Morgan fingerprint density at radius 1 is 1.14 bits per heavy atom. The molecule has 8 heteroatoms. The topological polar surface area (TPSA) is 80.8 Å². The van der Waals surface area contributed by atoms with Gasteiger partial charge in [0.05, 0.1) is 12.1 Å². The average Bonchev–Trinajstić information content (AvgIpc) is 2.60. The Morgan fingerprint density at radius 2 is 1.75 bits per heavy atom. The van der Waals surface area contributed by atoms with Crippen molar-refractivity contribution in [3.05, 3.63) is 80.4 Å². The molecule has 0 bridgehead atoms. The number of rotatable bonds is 3. The molecule has 28 heavy (non-hydrogen) atoms. The van der Waals surface area contributed by atoms with Crippen LogP contribution in [0.5, 0.6) is 5.75 Å².